The van der Waals surface area contributed by atoms with Crippen molar-refractivity contribution in [2.75, 3.05) is 31.1 Å². The van der Waals surface area contributed by atoms with Gasteiger partial charge in [0.15, 0.2) is 0 Å². The van der Waals surface area contributed by atoms with Crippen molar-refractivity contribution in [1.29, 1.82) is 10.5 Å². The van der Waals surface area contributed by atoms with Gasteiger partial charge in [0, 0.05) is 50.2 Å². The van der Waals surface area contributed by atoms with Gasteiger partial charge in [-0.15, -0.1) is 0 Å². The number of anilines is 1. The van der Waals surface area contributed by atoms with Crippen molar-refractivity contribution in [2.24, 2.45) is 0 Å². The topological polar surface area (TPSA) is 110 Å². The predicted molar refractivity (Wildman–Crippen MR) is 116 cm³/mol. The van der Waals surface area contributed by atoms with Crippen LogP contribution in [0.25, 0.3) is 10.9 Å². The Hall–Kier alpha value is -4.01. The van der Waals surface area contributed by atoms with Gasteiger partial charge in [-0.2, -0.15) is 10.5 Å². The quantitative estimate of drug-likeness (QED) is 0.475. The summed E-state index contributed by atoms with van der Waals surface area (Å²) in [6, 6.07) is 18.1. The number of nitriles is 2. The van der Waals surface area contributed by atoms with Crippen LogP contribution in [-0.2, 0) is 6.54 Å². The normalized spacial score (nSPS) is 14.6. The van der Waals surface area contributed by atoms with Crippen LogP contribution in [0.2, 0.25) is 0 Å². The third-order valence-corrected chi connectivity index (χ3v) is 5.51. The van der Waals surface area contributed by atoms with Crippen molar-refractivity contribution in [3.8, 4) is 12.1 Å². The molecule has 2 heterocycles. The van der Waals surface area contributed by atoms with E-state index in [2.05, 4.69) is 26.9 Å². The molecule has 1 aliphatic heterocycles. The van der Waals surface area contributed by atoms with E-state index in [4.69, 9.17) is 5.26 Å². The molecule has 1 aliphatic rings. The number of benzene rings is 2. The maximum absolute atomic E-state index is 11.1. The third-order valence-electron chi connectivity index (χ3n) is 5.51. The van der Waals surface area contributed by atoms with Gasteiger partial charge in [0.1, 0.15) is 5.82 Å². The summed E-state index contributed by atoms with van der Waals surface area (Å²) in [5, 5.41) is 30.1. The lowest BCUT2D eigenvalue weighted by Crippen LogP contribution is -2.31. The number of aromatic nitrogens is 1. The van der Waals surface area contributed by atoms with E-state index in [0.29, 0.717) is 22.0 Å². The Morgan fingerprint density at radius 2 is 1.81 bits per heavy atom. The Morgan fingerprint density at radius 3 is 2.52 bits per heavy atom. The lowest BCUT2D eigenvalue weighted by Gasteiger charge is -2.23. The molecule has 0 unspecified atom stereocenters. The standard InChI is InChI=1S/C23H20N6O2/c24-14-17-2-4-18(5-3-17)16-27-8-1-9-28(11-10-27)23-12-19(15-25)21-13-20(29(30)31)6-7-22(21)26-23/h2-7,12-13H,1,8-11,16H2. The Bertz CT molecular complexity index is 1210. The van der Waals surface area contributed by atoms with Gasteiger partial charge >= 0.3 is 0 Å². The number of hydrogen-bond donors (Lipinski definition) is 0. The van der Waals surface area contributed by atoms with E-state index < -0.39 is 4.92 Å². The molecule has 2 aromatic carbocycles. The number of fused-ring (bicyclic) bond motifs is 1. The van der Waals surface area contributed by atoms with E-state index in [1.165, 1.54) is 17.7 Å². The SMILES string of the molecule is N#Cc1ccc(CN2CCCN(c3cc(C#N)c4cc([N+](=O)[O-])ccc4n3)CC2)cc1. The highest BCUT2D eigenvalue weighted by Gasteiger charge is 2.19. The molecule has 0 saturated carbocycles. The van der Waals surface area contributed by atoms with E-state index >= 15 is 0 Å². The highest BCUT2D eigenvalue weighted by Crippen LogP contribution is 2.27. The van der Waals surface area contributed by atoms with E-state index in [1.807, 2.05) is 24.3 Å². The summed E-state index contributed by atoms with van der Waals surface area (Å²) < 4.78 is 0. The van der Waals surface area contributed by atoms with Gasteiger partial charge in [-0.3, -0.25) is 15.0 Å². The highest BCUT2D eigenvalue weighted by molar-refractivity contribution is 5.88. The number of hydrogen-bond acceptors (Lipinski definition) is 7. The first-order valence-corrected chi connectivity index (χ1v) is 10.0. The van der Waals surface area contributed by atoms with Gasteiger partial charge in [-0.1, -0.05) is 12.1 Å². The second-order valence-electron chi connectivity index (χ2n) is 7.52. The van der Waals surface area contributed by atoms with Crippen LogP contribution in [-0.4, -0.2) is 41.0 Å². The van der Waals surface area contributed by atoms with Crippen LogP contribution in [0, 0.1) is 32.8 Å². The minimum absolute atomic E-state index is 0.0493. The molecule has 4 rings (SSSR count). The van der Waals surface area contributed by atoms with Crippen LogP contribution in [0.5, 0.6) is 0 Å². The fourth-order valence-electron chi connectivity index (χ4n) is 3.87. The van der Waals surface area contributed by atoms with Crippen LogP contribution < -0.4 is 4.90 Å². The molecule has 154 valence electrons. The average molecular weight is 412 g/mol. The van der Waals surface area contributed by atoms with Gasteiger partial charge in [-0.25, -0.2) is 4.98 Å². The zero-order valence-corrected chi connectivity index (χ0v) is 16.9. The largest absolute Gasteiger partial charge is 0.355 e. The van der Waals surface area contributed by atoms with Gasteiger partial charge < -0.3 is 4.90 Å². The molecule has 31 heavy (non-hydrogen) atoms. The first kappa shape index (κ1) is 20.3. The van der Waals surface area contributed by atoms with E-state index in [0.717, 1.165) is 45.0 Å². The molecule has 1 aromatic heterocycles. The van der Waals surface area contributed by atoms with Crippen molar-refractivity contribution in [2.45, 2.75) is 13.0 Å². The predicted octanol–water partition coefficient (Wildman–Crippen LogP) is 3.60. The van der Waals surface area contributed by atoms with Crippen molar-refractivity contribution in [3.05, 3.63) is 75.3 Å². The maximum atomic E-state index is 11.1. The molecule has 8 heteroatoms. The second-order valence-corrected chi connectivity index (χ2v) is 7.52. The summed E-state index contributed by atoms with van der Waals surface area (Å²) >= 11 is 0. The van der Waals surface area contributed by atoms with Crippen LogP contribution >= 0.6 is 0 Å². The van der Waals surface area contributed by atoms with Crippen molar-refractivity contribution in [1.82, 2.24) is 9.88 Å². The Labute approximate surface area is 179 Å². The molecule has 0 aliphatic carbocycles. The van der Waals surface area contributed by atoms with Crippen LogP contribution in [0.15, 0.2) is 48.5 Å². The van der Waals surface area contributed by atoms with E-state index in [9.17, 15) is 15.4 Å². The van der Waals surface area contributed by atoms with Crippen LogP contribution in [0.1, 0.15) is 23.1 Å². The zero-order chi connectivity index (χ0) is 21.8. The number of nitro groups is 1. The first-order valence-electron chi connectivity index (χ1n) is 10.0. The second kappa shape index (κ2) is 8.78. The third kappa shape index (κ3) is 4.45. The van der Waals surface area contributed by atoms with Crippen molar-refractivity contribution < 1.29 is 4.92 Å². The van der Waals surface area contributed by atoms with Gasteiger partial charge in [0.25, 0.3) is 5.69 Å². The molecule has 8 nitrogen and oxygen atoms in total. The molecule has 0 bridgehead atoms. The fraction of sp³-hybridized carbons (Fsp3) is 0.261. The monoisotopic (exact) mass is 412 g/mol. The fourth-order valence-corrected chi connectivity index (χ4v) is 3.87. The lowest BCUT2D eigenvalue weighted by atomic mass is 10.1. The van der Waals surface area contributed by atoms with Gasteiger partial charge in [-0.05, 0) is 36.2 Å². The van der Waals surface area contributed by atoms with Crippen molar-refractivity contribution >= 4 is 22.4 Å². The molecule has 0 N–H and O–H groups in total. The summed E-state index contributed by atoms with van der Waals surface area (Å²) in [4.78, 5) is 19.8. The smallest absolute Gasteiger partial charge is 0.270 e. The van der Waals surface area contributed by atoms with Crippen LogP contribution in [0.3, 0.4) is 0 Å². The van der Waals surface area contributed by atoms with E-state index in [1.54, 1.807) is 12.1 Å². The number of nitro benzene ring substituents is 1. The highest BCUT2D eigenvalue weighted by atomic mass is 16.6. The van der Waals surface area contributed by atoms with Crippen LogP contribution in [0.4, 0.5) is 11.5 Å². The molecular weight excluding hydrogens is 392 g/mol. The summed E-state index contributed by atoms with van der Waals surface area (Å²) in [6.07, 6.45) is 0.956. The lowest BCUT2D eigenvalue weighted by molar-refractivity contribution is -0.384. The van der Waals surface area contributed by atoms with Gasteiger partial charge in [0.2, 0.25) is 0 Å². The Kier molecular flexibility index (Phi) is 5.74. The first-order chi connectivity index (χ1) is 15.1. The summed E-state index contributed by atoms with van der Waals surface area (Å²) in [6.45, 7) is 4.20. The summed E-state index contributed by atoms with van der Waals surface area (Å²) in [7, 11) is 0. The molecular formula is C23H20N6O2. The molecule has 1 saturated heterocycles. The maximum Gasteiger partial charge on any atom is 0.270 e. The molecule has 0 radical (unpaired) electrons. The molecule has 3 aromatic rings. The average Bonchev–Trinajstić information content (AvgIpc) is 3.04. The molecule has 1 fully saturated rings. The summed E-state index contributed by atoms with van der Waals surface area (Å²) in [5.41, 5.74) is 2.75. The molecule has 0 amide bonds. The summed E-state index contributed by atoms with van der Waals surface area (Å²) in [5.74, 6) is 0.720. The van der Waals surface area contributed by atoms with Gasteiger partial charge in [0.05, 0.1) is 33.7 Å². The Balaban J connectivity index is 1.52. The zero-order valence-electron chi connectivity index (χ0n) is 16.9. The minimum atomic E-state index is -0.467. The minimum Gasteiger partial charge on any atom is -0.355 e. The van der Waals surface area contributed by atoms with E-state index in [-0.39, 0.29) is 5.69 Å². The number of pyridine rings is 1. The Morgan fingerprint density at radius 1 is 1.00 bits per heavy atom. The number of rotatable bonds is 4. The number of nitrogens with zero attached hydrogens (tertiary/aromatic N) is 6. The molecule has 0 atom stereocenters. The van der Waals surface area contributed by atoms with Crippen molar-refractivity contribution in [3.63, 3.8) is 0 Å². The number of non-ortho nitro benzene ring substituents is 1. The molecule has 0 spiro atoms.